The fourth-order valence-electron chi connectivity index (χ4n) is 3.20. The number of thiophene rings is 1. The molecule has 0 saturated carbocycles. The van der Waals surface area contributed by atoms with Gasteiger partial charge in [0.2, 0.25) is 0 Å². The van der Waals surface area contributed by atoms with Crippen LogP contribution in [-0.4, -0.2) is 16.6 Å². The first kappa shape index (κ1) is 17.0. The van der Waals surface area contributed by atoms with Gasteiger partial charge < -0.3 is 9.52 Å². The van der Waals surface area contributed by atoms with Crippen molar-refractivity contribution in [3.05, 3.63) is 94.6 Å². The zero-order chi connectivity index (χ0) is 17.8. The molecule has 3 nitrogen and oxygen atoms in total. The Kier molecular flexibility index (Phi) is 5.16. The van der Waals surface area contributed by atoms with Gasteiger partial charge >= 0.3 is 0 Å². The molecule has 0 bridgehead atoms. The van der Waals surface area contributed by atoms with Crippen LogP contribution in [0, 0.1) is 0 Å². The van der Waals surface area contributed by atoms with E-state index in [1.54, 1.807) is 17.6 Å². The van der Waals surface area contributed by atoms with Gasteiger partial charge in [0.15, 0.2) is 0 Å². The van der Waals surface area contributed by atoms with E-state index in [1.165, 1.54) is 10.3 Å². The van der Waals surface area contributed by atoms with Crippen LogP contribution in [0.5, 0.6) is 0 Å². The molecule has 4 heteroatoms. The molecule has 2 heterocycles. The summed E-state index contributed by atoms with van der Waals surface area (Å²) in [5.41, 5.74) is 0.944. The number of hydrogen-bond acceptors (Lipinski definition) is 4. The molecule has 1 atom stereocenters. The third-order valence-corrected chi connectivity index (χ3v) is 5.37. The predicted molar refractivity (Wildman–Crippen MR) is 106 cm³/mol. The Balaban J connectivity index is 1.52. The van der Waals surface area contributed by atoms with Crippen molar-refractivity contribution in [3.63, 3.8) is 0 Å². The fourth-order valence-corrected chi connectivity index (χ4v) is 3.94. The van der Waals surface area contributed by atoms with Gasteiger partial charge in [-0.25, -0.2) is 0 Å². The first-order chi connectivity index (χ1) is 12.8. The smallest absolute Gasteiger partial charge is 0.117 e. The van der Waals surface area contributed by atoms with Crippen molar-refractivity contribution >= 4 is 22.1 Å². The van der Waals surface area contributed by atoms with Gasteiger partial charge in [0, 0.05) is 18.0 Å². The fraction of sp³-hybridized carbons (Fsp3) is 0.182. The molecular formula is C22H21NO2S. The summed E-state index contributed by atoms with van der Waals surface area (Å²) >= 11 is 1.73. The van der Waals surface area contributed by atoms with Gasteiger partial charge in [0.05, 0.1) is 18.9 Å². The predicted octanol–water partition coefficient (Wildman–Crippen LogP) is 5.23. The Morgan fingerprint density at radius 1 is 0.923 bits per heavy atom. The van der Waals surface area contributed by atoms with E-state index >= 15 is 0 Å². The Labute approximate surface area is 157 Å². The molecule has 4 aromatic rings. The molecule has 26 heavy (non-hydrogen) atoms. The van der Waals surface area contributed by atoms with Crippen LogP contribution in [0.2, 0.25) is 0 Å². The summed E-state index contributed by atoms with van der Waals surface area (Å²) in [4.78, 5) is 3.51. The second kappa shape index (κ2) is 7.87. The number of hydrogen-bond donors (Lipinski definition) is 1. The molecule has 0 fully saturated rings. The second-order valence-corrected chi connectivity index (χ2v) is 7.48. The maximum atomic E-state index is 10.8. The number of aliphatic hydroxyl groups excluding tert-OH is 1. The summed E-state index contributed by atoms with van der Waals surface area (Å²) in [7, 11) is 0. The molecule has 132 valence electrons. The Morgan fingerprint density at radius 3 is 2.58 bits per heavy atom. The lowest BCUT2D eigenvalue weighted by Crippen LogP contribution is -2.27. The summed E-state index contributed by atoms with van der Waals surface area (Å²) in [5.74, 6) is 0.910. The molecule has 0 radical (unpaired) electrons. The summed E-state index contributed by atoms with van der Waals surface area (Å²) < 4.78 is 5.51. The van der Waals surface area contributed by atoms with Crippen LogP contribution in [0.1, 0.15) is 22.3 Å². The minimum Gasteiger partial charge on any atom is -0.468 e. The third-order valence-electron chi connectivity index (χ3n) is 4.51. The Hall–Kier alpha value is -2.40. The van der Waals surface area contributed by atoms with Gasteiger partial charge in [-0.3, -0.25) is 4.90 Å². The number of furan rings is 1. The van der Waals surface area contributed by atoms with Crippen molar-refractivity contribution in [1.82, 2.24) is 4.90 Å². The summed E-state index contributed by atoms with van der Waals surface area (Å²) in [6, 6.07) is 22.5. The average Bonchev–Trinajstić information content (AvgIpc) is 3.35. The highest BCUT2D eigenvalue weighted by Crippen LogP contribution is 2.23. The highest BCUT2D eigenvalue weighted by Gasteiger charge is 2.16. The van der Waals surface area contributed by atoms with Gasteiger partial charge in [-0.1, -0.05) is 42.5 Å². The van der Waals surface area contributed by atoms with Crippen molar-refractivity contribution < 1.29 is 9.52 Å². The van der Waals surface area contributed by atoms with E-state index in [0.29, 0.717) is 13.1 Å². The van der Waals surface area contributed by atoms with E-state index in [1.807, 2.05) is 30.3 Å². The maximum absolute atomic E-state index is 10.8. The third kappa shape index (κ3) is 4.05. The standard InChI is InChI=1S/C22H21NO2S/c24-22(19-10-9-17-5-1-2-6-18(17)13-19)16-23(14-20-7-3-11-25-20)15-21-8-4-12-26-21/h1-13,22,24H,14-16H2. The van der Waals surface area contributed by atoms with Gasteiger partial charge in [0.25, 0.3) is 0 Å². The molecule has 0 spiro atoms. The van der Waals surface area contributed by atoms with Crippen molar-refractivity contribution in [1.29, 1.82) is 0 Å². The van der Waals surface area contributed by atoms with E-state index in [9.17, 15) is 5.11 Å². The molecule has 0 aliphatic heterocycles. The largest absolute Gasteiger partial charge is 0.468 e. The van der Waals surface area contributed by atoms with Crippen molar-refractivity contribution in [2.75, 3.05) is 6.54 Å². The van der Waals surface area contributed by atoms with Crippen LogP contribution in [0.15, 0.2) is 82.8 Å². The SMILES string of the molecule is OC(CN(Cc1ccco1)Cc1cccs1)c1ccc2ccccc2c1. The molecule has 2 aromatic heterocycles. The molecule has 1 unspecified atom stereocenters. The first-order valence-electron chi connectivity index (χ1n) is 8.72. The van der Waals surface area contributed by atoms with Crippen LogP contribution in [0.3, 0.4) is 0 Å². The number of fused-ring (bicyclic) bond motifs is 1. The molecule has 2 aromatic carbocycles. The zero-order valence-corrected chi connectivity index (χ0v) is 15.2. The molecular weight excluding hydrogens is 342 g/mol. The Bertz CT molecular complexity index is 911. The minimum absolute atomic E-state index is 0.547. The number of nitrogens with zero attached hydrogens (tertiary/aromatic N) is 1. The topological polar surface area (TPSA) is 36.6 Å². The number of rotatable bonds is 7. The van der Waals surface area contributed by atoms with E-state index in [2.05, 4.69) is 46.7 Å². The van der Waals surface area contributed by atoms with E-state index < -0.39 is 6.10 Å². The van der Waals surface area contributed by atoms with Gasteiger partial charge in [-0.15, -0.1) is 11.3 Å². The van der Waals surface area contributed by atoms with Crippen LogP contribution < -0.4 is 0 Å². The summed E-state index contributed by atoms with van der Waals surface area (Å²) in [6.07, 6.45) is 1.15. The lowest BCUT2D eigenvalue weighted by molar-refractivity contribution is 0.101. The Morgan fingerprint density at radius 2 is 1.81 bits per heavy atom. The zero-order valence-electron chi connectivity index (χ0n) is 14.4. The molecule has 0 aliphatic rings. The van der Waals surface area contributed by atoms with Gasteiger partial charge in [0.1, 0.15) is 5.76 Å². The van der Waals surface area contributed by atoms with Crippen LogP contribution in [0.25, 0.3) is 10.8 Å². The lowest BCUT2D eigenvalue weighted by Gasteiger charge is -2.24. The van der Waals surface area contributed by atoms with Crippen molar-refractivity contribution in [2.24, 2.45) is 0 Å². The van der Waals surface area contributed by atoms with Crippen molar-refractivity contribution in [2.45, 2.75) is 19.2 Å². The molecule has 0 saturated heterocycles. The summed E-state index contributed by atoms with van der Waals surface area (Å²) in [6.45, 7) is 2.02. The van der Waals surface area contributed by atoms with Gasteiger partial charge in [-0.2, -0.15) is 0 Å². The quantitative estimate of drug-likeness (QED) is 0.488. The van der Waals surface area contributed by atoms with Crippen LogP contribution >= 0.6 is 11.3 Å². The average molecular weight is 363 g/mol. The maximum Gasteiger partial charge on any atom is 0.117 e. The highest BCUT2D eigenvalue weighted by atomic mass is 32.1. The van der Waals surface area contributed by atoms with E-state index in [-0.39, 0.29) is 0 Å². The molecule has 0 aliphatic carbocycles. The van der Waals surface area contributed by atoms with E-state index in [4.69, 9.17) is 4.42 Å². The monoisotopic (exact) mass is 363 g/mol. The molecule has 1 N–H and O–H groups in total. The molecule has 4 rings (SSSR count). The van der Waals surface area contributed by atoms with Crippen LogP contribution in [-0.2, 0) is 13.1 Å². The van der Waals surface area contributed by atoms with Crippen LogP contribution in [0.4, 0.5) is 0 Å². The lowest BCUT2D eigenvalue weighted by atomic mass is 10.0. The second-order valence-electron chi connectivity index (χ2n) is 6.45. The normalized spacial score (nSPS) is 12.7. The molecule has 0 amide bonds. The minimum atomic E-state index is -0.547. The highest BCUT2D eigenvalue weighted by molar-refractivity contribution is 7.09. The first-order valence-corrected chi connectivity index (χ1v) is 9.60. The summed E-state index contributed by atoms with van der Waals surface area (Å²) in [5, 5.41) is 15.3. The number of benzene rings is 2. The van der Waals surface area contributed by atoms with Gasteiger partial charge in [-0.05, 0) is 46.0 Å². The number of aliphatic hydroxyl groups is 1. The van der Waals surface area contributed by atoms with E-state index in [0.717, 1.165) is 23.3 Å². The van der Waals surface area contributed by atoms with Crippen molar-refractivity contribution in [3.8, 4) is 0 Å².